The predicted molar refractivity (Wildman–Crippen MR) is 104 cm³/mol. The van der Waals surface area contributed by atoms with Crippen LogP contribution in [0.4, 0.5) is 0 Å². The molecule has 0 aliphatic heterocycles. The van der Waals surface area contributed by atoms with Crippen molar-refractivity contribution in [3.63, 3.8) is 0 Å². The van der Waals surface area contributed by atoms with Crippen LogP contribution in [0.3, 0.4) is 0 Å². The summed E-state index contributed by atoms with van der Waals surface area (Å²) in [6.07, 6.45) is 1.60. The van der Waals surface area contributed by atoms with E-state index < -0.39 is 0 Å². The fourth-order valence-corrected chi connectivity index (χ4v) is 3.75. The zero-order valence-electron chi connectivity index (χ0n) is 14.6. The summed E-state index contributed by atoms with van der Waals surface area (Å²) in [5.74, 6) is 2.43. The van der Waals surface area contributed by atoms with Crippen LogP contribution in [0.1, 0.15) is 5.56 Å². The van der Waals surface area contributed by atoms with Crippen molar-refractivity contribution < 1.29 is 9.21 Å². The third kappa shape index (κ3) is 4.92. The van der Waals surface area contributed by atoms with Gasteiger partial charge in [-0.1, -0.05) is 29.5 Å². The number of aromatic nitrogens is 3. The van der Waals surface area contributed by atoms with Crippen LogP contribution in [-0.4, -0.2) is 38.7 Å². The molecule has 1 N–H and O–H groups in total. The summed E-state index contributed by atoms with van der Waals surface area (Å²) in [5.41, 5.74) is 1.25. The Balaban J connectivity index is 1.40. The number of hydrogen-bond donors (Lipinski definition) is 1. The molecule has 1 amide bonds. The minimum absolute atomic E-state index is 0.0120. The third-order valence-electron chi connectivity index (χ3n) is 3.62. The van der Waals surface area contributed by atoms with Gasteiger partial charge in [-0.05, 0) is 31.2 Å². The average molecular weight is 389 g/mol. The van der Waals surface area contributed by atoms with Gasteiger partial charge in [0.25, 0.3) is 0 Å². The van der Waals surface area contributed by atoms with Crippen LogP contribution in [0.5, 0.6) is 0 Å². The van der Waals surface area contributed by atoms with Crippen LogP contribution in [0.2, 0.25) is 0 Å². The number of furan rings is 1. The van der Waals surface area contributed by atoms with Crippen LogP contribution in [-0.2, 0) is 11.8 Å². The zero-order valence-corrected chi connectivity index (χ0v) is 16.3. The molecule has 3 rings (SSSR count). The standard InChI is InChI=1S/C18H20N4O2S2/c1-13-5-7-14(8-6-13)25-11-9-19-16(23)12-26-18-21-20-17(22(18)2)15-4-3-10-24-15/h3-8,10H,9,11-12H2,1-2H3,(H,19,23). The Kier molecular flexibility index (Phi) is 6.40. The van der Waals surface area contributed by atoms with Gasteiger partial charge in [-0.15, -0.1) is 22.0 Å². The zero-order chi connectivity index (χ0) is 18.4. The summed E-state index contributed by atoms with van der Waals surface area (Å²) < 4.78 is 7.16. The highest BCUT2D eigenvalue weighted by atomic mass is 32.2. The minimum Gasteiger partial charge on any atom is -0.461 e. The van der Waals surface area contributed by atoms with E-state index in [9.17, 15) is 4.79 Å². The molecule has 0 saturated carbocycles. The van der Waals surface area contributed by atoms with Crippen LogP contribution >= 0.6 is 23.5 Å². The molecule has 8 heteroatoms. The molecule has 0 fully saturated rings. The van der Waals surface area contributed by atoms with Crippen molar-refractivity contribution in [3.05, 3.63) is 48.2 Å². The molecule has 0 aliphatic rings. The lowest BCUT2D eigenvalue weighted by Gasteiger charge is -2.05. The van der Waals surface area contributed by atoms with Crippen molar-refractivity contribution in [3.8, 4) is 11.6 Å². The maximum absolute atomic E-state index is 12.0. The first-order valence-electron chi connectivity index (χ1n) is 8.16. The SMILES string of the molecule is Cc1ccc(SCCNC(=O)CSc2nnc(-c3ccco3)n2C)cc1. The normalized spacial score (nSPS) is 10.8. The Morgan fingerprint density at radius 1 is 1.19 bits per heavy atom. The molecule has 0 saturated heterocycles. The Bertz CT molecular complexity index is 845. The van der Waals surface area contributed by atoms with Crippen LogP contribution in [0, 0.1) is 6.92 Å². The van der Waals surface area contributed by atoms with Gasteiger partial charge in [-0.3, -0.25) is 4.79 Å². The van der Waals surface area contributed by atoms with Gasteiger partial charge in [0, 0.05) is 24.2 Å². The maximum atomic E-state index is 12.0. The van der Waals surface area contributed by atoms with Gasteiger partial charge in [-0.2, -0.15) is 0 Å². The molecule has 3 aromatic rings. The molecule has 1 aromatic carbocycles. The van der Waals surface area contributed by atoms with E-state index in [0.717, 1.165) is 5.75 Å². The fraction of sp³-hybridized carbons (Fsp3) is 0.278. The van der Waals surface area contributed by atoms with Crippen molar-refractivity contribution in [1.82, 2.24) is 20.1 Å². The van der Waals surface area contributed by atoms with Gasteiger partial charge in [0.05, 0.1) is 12.0 Å². The van der Waals surface area contributed by atoms with E-state index in [1.807, 2.05) is 17.7 Å². The molecular weight excluding hydrogens is 368 g/mol. The highest BCUT2D eigenvalue weighted by molar-refractivity contribution is 7.99. The Hall–Kier alpha value is -2.19. The van der Waals surface area contributed by atoms with E-state index in [1.165, 1.54) is 22.2 Å². The average Bonchev–Trinajstić information content (AvgIpc) is 3.28. The topological polar surface area (TPSA) is 73.0 Å². The van der Waals surface area contributed by atoms with Gasteiger partial charge in [0.15, 0.2) is 16.7 Å². The van der Waals surface area contributed by atoms with Crippen LogP contribution in [0.15, 0.2) is 57.1 Å². The first kappa shape index (κ1) is 18.6. The molecule has 6 nitrogen and oxygen atoms in total. The molecule has 0 radical (unpaired) electrons. The van der Waals surface area contributed by atoms with Crippen molar-refractivity contribution in [2.24, 2.45) is 7.05 Å². The predicted octanol–water partition coefficient (Wildman–Crippen LogP) is 3.38. The van der Waals surface area contributed by atoms with Gasteiger partial charge >= 0.3 is 0 Å². The second kappa shape index (κ2) is 8.95. The monoisotopic (exact) mass is 388 g/mol. The van der Waals surface area contributed by atoms with Crippen LogP contribution < -0.4 is 5.32 Å². The number of aryl methyl sites for hydroxylation is 1. The number of hydrogen-bond acceptors (Lipinski definition) is 6. The quantitative estimate of drug-likeness (QED) is 0.471. The summed E-state index contributed by atoms with van der Waals surface area (Å²) in [7, 11) is 1.86. The molecule has 2 aromatic heterocycles. The molecule has 26 heavy (non-hydrogen) atoms. The maximum Gasteiger partial charge on any atom is 0.230 e. The summed E-state index contributed by atoms with van der Waals surface area (Å²) in [6, 6.07) is 12.0. The summed E-state index contributed by atoms with van der Waals surface area (Å²) in [4.78, 5) is 13.2. The molecule has 0 unspecified atom stereocenters. The number of carbonyl (C=O) groups is 1. The summed E-state index contributed by atoms with van der Waals surface area (Å²) in [5, 5.41) is 11.8. The van der Waals surface area contributed by atoms with E-state index in [2.05, 4.69) is 46.7 Å². The number of nitrogens with zero attached hydrogens (tertiary/aromatic N) is 3. The lowest BCUT2D eigenvalue weighted by Crippen LogP contribution is -2.27. The molecule has 136 valence electrons. The van der Waals surface area contributed by atoms with Gasteiger partial charge in [0.2, 0.25) is 5.91 Å². The molecule has 2 heterocycles. The van der Waals surface area contributed by atoms with E-state index in [4.69, 9.17) is 4.42 Å². The lowest BCUT2D eigenvalue weighted by atomic mass is 10.2. The lowest BCUT2D eigenvalue weighted by molar-refractivity contribution is -0.118. The Labute approximate surface area is 160 Å². The summed E-state index contributed by atoms with van der Waals surface area (Å²) >= 11 is 3.09. The first-order valence-corrected chi connectivity index (χ1v) is 10.1. The van der Waals surface area contributed by atoms with E-state index in [0.29, 0.717) is 29.0 Å². The Morgan fingerprint density at radius 3 is 2.73 bits per heavy atom. The molecule has 0 spiro atoms. The number of thioether (sulfide) groups is 2. The number of rotatable bonds is 8. The van der Waals surface area contributed by atoms with Gasteiger partial charge < -0.3 is 14.3 Å². The first-order chi connectivity index (χ1) is 12.6. The van der Waals surface area contributed by atoms with Crippen LogP contribution in [0.25, 0.3) is 11.6 Å². The van der Waals surface area contributed by atoms with E-state index in [1.54, 1.807) is 24.1 Å². The number of benzene rings is 1. The number of amides is 1. The highest BCUT2D eigenvalue weighted by Crippen LogP contribution is 2.22. The van der Waals surface area contributed by atoms with E-state index >= 15 is 0 Å². The highest BCUT2D eigenvalue weighted by Gasteiger charge is 2.14. The summed E-state index contributed by atoms with van der Waals surface area (Å²) in [6.45, 7) is 2.70. The van der Waals surface area contributed by atoms with Crippen molar-refractivity contribution in [1.29, 1.82) is 0 Å². The fourth-order valence-electron chi connectivity index (χ4n) is 2.24. The number of carbonyl (C=O) groups excluding carboxylic acids is 1. The molecule has 0 atom stereocenters. The largest absolute Gasteiger partial charge is 0.461 e. The molecular formula is C18H20N4O2S2. The smallest absolute Gasteiger partial charge is 0.230 e. The number of nitrogens with one attached hydrogen (secondary N) is 1. The Morgan fingerprint density at radius 2 is 2.00 bits per heavy atom. The minimum atomic E-state index is -0.0120. The van der Waals surface area contributed by atoms with Gasteiger partial charge in [0.1, 0.15) is 0 Å². The van der Waals surface area contributed by atoms with Crippen molar-refractivity contribution >= 4 is 29.4 Å². The van der Waals surface area contributed by atoms with Crippen molar-refractivity contribution in [2.75, 3.05) is 18.1 Å². The third-order valence-corrected chi connectivity index (χ3v) is 5.66. The molecule has 0 aliphatic carbocycles. The second-order valence-corrected chi connectivity index (χ2v) is 7.75. The van der Waals surface area contributed by atoms with Gasteiger partial charge in [-0.25, -0.2) is 0 Å². The second-order valence-electron chi connectivity index (χ2n) is 5.64. The molecule has 0 bridgehead atoms. The van der Waals surface area contributed by atoms with Crippen molar-refractivity contribution in [2.45, 2.75) is 17.0 Å². The van der Waals surface area contributed by atoms with E-state index in [-0.39, 0.29) is 5.91 Å².